The third kappa shape index (κ3) is 3.88. The average Bonchev–Trinajstić information content (AvgIpc) is 2.45. The molecule has 3 rings (SSSR count). The SMILES string of the molecule is O=S(=O)(NC1CCCC(c2ccc(F)cc2)C1)C1CC(F)(F)C1. The Morgan fingerprint density at radius 2 is 1.74 bits per heavy atom. The number of halogens is 3. The topological polar surface area (TPSA) is 46.2 Å². The quantitative estimate of drug-likeness (QED) is 0.905. The number of rotatable bonds is 4. The van der Waals surface area contributed by atoms with Crippen molar-refractivity contribution in [3.63, 3.8) is 0 Å². The number of hydrogen-bond acceptors (Lipinski definition) is 2. The highest BCUT2D eigenvalue weighted by atomic mass is 32.2. The Bertz CT molecular complexity index is 652. The molecule has 2 atom stereocenters. The molecule has 0 saturated heterocycles. The molecule has 1 aromatic rings. The first kappa shape index (κ1) is 16.8. The highest BCUT2D eigenvalue weighted by Crippen LogP contribution is 2.41. The van der Waals surface area contributed by atoms with Crippen LogP contribution in [0, 0.1) is 5.82 Å². The lowest BCUT2D eigenvalue weighted by molar-refractivity contribution is -0.0688. The zero-order chi connectivity index (χ0) is 16.7. The monoisotopic (exact) mass is 347 g/mol. The highest BCUT2D eigenvalue weighted by Gasteiger charge is 2.51. The second-order valence-corrected chi connectivity index (χ2v) is 8.65. The summed E-state index contributed by atoms with van der Waals surface area (Å²) in [7, 11) is -3.70. The summed E-state index contributed by atoms with van der Waals surface area (Å²) in [6.07, 6.45) is 1.93. The molecule has 128 valence electrons. The molecule has 2 saturated carbocycles. The fourth-order valence-electron chi connectivity index (χ4n) is 3.49. The van der Waals surface area contributed by atoms with Crippen molar-refractivity contribution >= 4 is 10.0 Å². The van der Waals surface area contributed by atoms with E-state index in [9.17, 15) is 21.6 Å². The lowest BCUT2D eigenvalue weighted by atomic mass is 9.82. The van der Waals surface area contributed by atoms with Crippen molar-refractivity contribution in [2.45, 2.75) is 61.7 Å². The van der Waals surface area contributed by atoms with Gasteiger partial charge in [-0.15, -0.1) is 0 Å². The zero-order valence-corrected chi connectivity index (χ0v) is 13.5. The lowest BCUT2D eigenvalue weighted by Crippen LogP contribution is -2.51. The van der Waals surface area contributed by atoms with Gasteiger partial charge >= 0.3 is 0 Å². The predicted molar refractivity (Wildman–Crippen MR) is 81.4 cm³/mol. The van der Waals surface area contributed by atoms with Crippen LogP contribution in [-0.4, -0.2) is 25.6 Å². The van der Waals surface area contributed by atoms with Crippen molar-refractivity contribution in [2.24, 2.45) is 0 Å². The molecule has 23 heavy (non-hydrogen) atoms. The Kier molecular flexibility index (Phi) is 4.44. The van der Waals surface area contributed by atoms with Crippen LogP contribution in [0.2, 0.25) is 0 Å². The molecule has 2 unspecified atom stereocenters. The van der Waals surface area contributed by atoms with Crippen molar-refractivity contribution in [1.29, 1.82) is 0 Å². The highest BCUT2D eigenvalue weighted by molar-refractivity contribution is 7.90. The van der Waals surface area contributed by atoms with E-state index < -0.39 is 34.0 Å². The molecule has 0 aliphatic heterocycles. The van der Waals surface area contributed by atoms with E-state index in [1.54, 1.807) is 12.1 Å². The first-order valence-electron chi connectivity index (χ1n) is 7.90. The van der Waals surface area contributed by atoms with Crippen LogP contribution in [0.4, 0.5) is 13.2 Å². The standard InChI is InChI=1S/C16H20F3NO2S/c17-13-6-4-11(5-7-13)12-2-1-3-14(8-12)20-23(21,22)15-9-16(18,19)10-15/h4-7,12,14-15,20H,1-3,8-10H2. The molecule has 7 heteroatoms. The molecule has 2 aliphatic carbocycles. The van der Waals surface area contributed by atoms with Gasteiger partial charge in [0.2, 0.25) is 10.0 Å². The Hall–Kier alpha value is -1.08. The zero-order valence-electron chi connectivity index (χ0n) is 12.6. The number of benzene rings is 1. The van der Waals surface area contributed by atoms with Gasteiger partial charge in [0.25, 0.3) is 5.92 Å². The molecule has 1 aromatic carbocycles. The Balaban J connectivity index is 1.61. The Morgan fingerprint density at radius 1 is 1.09 bits per heavy atom. The van der Waals surface area contributed by atoms with E-state index in [-0.39, 0.29) is 17.8 Å². The number of sulfonamides is 1. The molecule has 3 nitrogen and oxygen atoms in total. The van der Waals surface area contributed by atoms with Crippen LogP contribution in [0.1, 0.15) is 50.0 Å². The van der Waals surface area contributed by atoms with Crippen molar-refractivity contribution in [1.82, 2.24) is 4.72 Å². The van der Waals surface area contributed by atoms with E-state index in [2.05, 4.69) is 4.72 Å². The summed E-state index contributed by atoms with van der Waals surface area (Å²) in [5.74, 6) is -2.98. The van der Waals surface area contributed by atoms with Crippen LogP contribution in [0.5, 0.6) is 0 Å². The molecule has 0 heterocycles. The van der Waals surface area contributed by atoms with Gasteiger partial charge in [0, 0.05) is 18.9 Å². The maximum absolute atomic E-state index is 13.0. The van der Waals surface area contributed by atoms with Gasteiger partial charge in [-0.25, -0.2) is 26.3 Å². The fraction of sp³-hybridized carbons (Fsp3) is 0.625. The summed E-state index contributed by atoms with van der Waals surface area (Å²) in [6.45, 7) is 0. The van der Waals surface area contributed by atoms with E-state index in [0.29, 0.717) is 12.8 Å². The van der Waals surface area contributed by atoms with Gasteiger partial charge in [-0.1, -0.05) is 18.6 Å². The van der Waals surface area contributed by atoms with Crippen molar-refractivity contribution in [3.8, 4) is 0 Å². The molecule has 0 spiro atoms. The summed E-state index contributed by atoms with van der Waals surface area (Å²) in [4.78, 5) is 0. The van der Waals surface area contributed by atoms with Gasteiger partial charge in [-0.3, -0.25) is 0 Å². The first-order valence-corrected chi connectivity index (χ1v) is 9.44. The van der Waals surface area contributed by atoms with Crippen LogP contribution in [0.3, 0.4) is 0 Å². The Labute approximate surface area is 134 Å². The number of nitrogens with one attached hydrogen (secondary N) is 1. The molecular formula is C16H20F3NO2S. The van der Waals surface area contributed by atoms with Crippen molar-refractivity contribution < 1.29 is 21.6 Å². The molecule has 2 fully saturated rings. The van der Waals surface area contributed by atoms with Crippen molar-refractivity contribution in [2.75, 3.05) is 0 Å². The molecule has 2 aliphatic rings. The van der Waals surface area contributed by atoms with E-state index in [0.717, 1.165) is 18.4 Å². The van der Waals surface area contributed by atoms with E-state index in [1.165, 1.54) is 12.1 Å². The third-order valence-electron chi connectivity index (χ3n) is 4.84. The van der Waals surface area contributed by atoms with Crippen LogP contribution in [-0.2, 0) is 10.0 Å². The molecule has 1 N–H and O–H groups in total. The summed E-state index contributed by atoms with van der Waals surface area (Å²) in [5.41, 5.74) is 0.991. The molecule has 0 aromatic heterocycles. The molecule has 0 bridgehead atoms. The van der Waals surface area contributed by atoms with Crippen LogP contribution < -0.4 is 4.72 Å². The maximum atomic E-state index is 13.0. The van der Waals surface area contributed by atoms with Crippen LogP contribution in [0.15, 0.2) is 24.3 Å². The van der Waals surface area contributed by atoms with Gasteiger partial charge in [-0.05, 0) is 42.9 Å². The minimum atomic E-state index is -3.70. The summed E-state index contributed by atoms with van der Waals surface area (Å²) >= 11 is 0. The van der Waals surface area contributed by atoms with Gasteiger partial charge in [0.15, 0.2) is 0 Å². The van der Waals surface area contributed by atoms with Gasteiger partial charge in [0.1, 0.15) is 5.82 Å². The Morgan fingerprint density at radius 3 is 2.35 bits per heavy atom. The summed E-state index contributed by atoms with van der Waals surface area (Å²) in [6, 6.07) is 6.02. The average molecular weight is 347 g/mol. The number of hydrogen-bond donors (Lipinski definition) is 1. The van der Waals surface area contributed by atoms with Gasteiger partial charge in [-0.2, -0.15) is 0 Å². The fourth-order valence-corrected chi connectivity index (χ4v) is 5.29. The maximum Gasteiger partial charge on any atom is 0.250 e. The van der Waals surface area contributed by atoms with Crippen LogP contribution in [0.25, 0.3) is 0 Å². The smallest absolute Gasteiger partial charge is 0.212 e. The minimum absolute atomic E-state index is 0.167. The normalized spacial score (nSPS) is 28.3. The predicted octanol–water partition coefficient (Wildman–Crippen LogP) is 3.57. The molecular weight excluding hydrogens is 327 g/mol. The minimum Gasteiger partial charge on any atom is -0.212 e. The lowest BCUT2D eigenvalue weighted by Gasteiger charge is -2.36. The van der Waals surface area contributed by atoms with Gasteiger partial charge < -0.3 is 0 Å². The molecule has 0 amide bonds. The van der Waals surface area contributed by atoms with E-state index in [1.807, 2.05) is 0 Å². The summed E-state index contributed by atoms with van der Waals surface area (Å²) in [5, 5.41) is -0.983. The second kappa shape index (κ2) is 6.09. The van der Waals surface area contributed by atoms with Crippen molar-refractivity contribution in [3.05, 3.63) is 35.6 Å². The molecule has 0 radical (unpaired) electrons. The second-order valence-electron chi connectivity index (χ2n) is 6.66. The largest absolute Gasteiger partial charge is 0.250 e. The van der Waals surface area contributed by atoms with Gasteiger partial charge in [0.05, 0.1) is 5.25 Å². The summed E-state index contributed by atoms with van der Waals surface area (Å²) < 4.78 is 65.7. The number of alkyl halides is 2. The first-order chi connectivity index (χ1) is 10.8. The van der Waals surface area contributed by atoms with E-state index >= 15 is 0 Å². The third-order valence-corrected chi connectivity index (χ3v) is 6.71. The van der Waals surface area contributed by atoms with E-state index in [4.69, 9.17) is 0 Å². The van der Waals surface area contributed by atoms with Crippen LogP contribution >= 0.6 is 0 Å².